The molecule has 1 aromatic heterocycles. The van der Waals surface area contributed by atoms with Crippen molar-refractivity contribution in [3.05, 3.63) is 70.6 Å². The number of fused-ring (bicyclic) bond motifs is 1. The van der Waals surface area contributed by atoms with Crippen molar-refractivity contribution in [1.82, 2.24) is 4.57 Å². The van der Waals surface area contributed by atoms with Crippen LogP contribution in [0.1, 0.15) is 17.3 Å². The smallest absolute Gasteiger partial charge is 0.345 e. The van der Waals surface area contributed by atoms with E-state index in [1.165, 1.54) is 4.57 Å². The standard InChI is InChI=1S/C19H17NO4/c1-3-20-12-17(15-6-4-5-7-16(15)18(20)21)19(22)24-14-10-8-13(23-2)9-11-14/h4-12H,3H2,1-2H3. The quantitative estimate of drug-likeness (QED) is 0.546. The van der Waals surface area contributed by atoms with E-state index in [0.717, 1.165) is 0 Å². The molecule has 5 heteroatoms. The van der Waals surface area contributed by atoms with Crippen LogP contribution in [0.25, 0.3) is 10.8 Å². The summed E-state index contributed by atoms with van der Waals surface area (Å²) in [6.07, 6.45) is 1.55. The maximum Gasteiger partial charge on any atom is 0.345 e. The SMILES string of the molecule is CCn1cc(C(=O)Oc2ccc(OC)cc2)c2ccccc2c1=O. The molecule has 122 valence electrons. The minimum Gasteiger partial charge on any atom is -0.497 e. The van der Waals surface area contributed by atoms with Gasteiger partial charge < -0.3 is 14.0 Å². The van der Waals surface area contributed by atoms with Crippen LogP contribution in [0.3, 0.4) is 0 Å². The Morgan fingerprint density at radius 2 is 1.62 bits per heavy atom. The molecule has 3 rings (SSSR count). The van der Waals surface area contributed by atoms with Crippen LogP contribution < -0.4 is 15.0 Å². The van der Waals surface area contributed by atoms with Crippen molar-refractivity contribution >= 4 is 16.7 Å². The molecule has 0 aliphatic carbocycles. The third kappa shape index (κ3) is 2.88. The first-order valence-corrected chi connectivity index (χ1v) is 7.62. The summed E-state index contributed by atoms with van der Waals surface area (Å²) in [5.74, 6) is 0.595. The molecule has 24 heavy (non-hydrogen) atoms. The van der Waals surface area contributed by atoms with Crippen LogP contribution in [0, 0.1) is 0 Å². The molecule has 0 amide bonds. The topological polar surface area (TPSA) is 57.5 Å². The van der Waals surface area contributed by atoms with Crippen LogP contribution in [0.2, 0.25) is 0 Å². The number of hydrogen-bond acceptors (Lipinski definition) is 4. The largest absolute Gasteiger partial charge is 0.497 e. The number of benzene rings is 2. The molecule has 2 aromatic carbocycles. The monoisotopic (exact) mass is 323 g/mol. The van der Waals surface area contributed by atoms with Crippen molar-refractivity contribution in [2.75, 3.05) is 7.11 Å². The van der Waals surface area contributed by atoms with Crippen molar-refractivity contribution in [3.63, 3.8) is 0 Å². The predicted molar refractivity (Wildman–Crippen MR) is 91.8 cm³/mol. The van der Waals surface area contributed by atoms with Crippen LogP contribution in [0.4, 0.5) is 0 Å². The molecule has 0 radical (unpaired) electrons. The van der Waals surface area contributed by atoms with Crippen molar-refractivity contribution in [1.29, 1.82) is 0 Å². The molecule has 0 fully saturated rings. The van der Waals surface area contributed by atoms with E-state index in [2.05, 4.69) is 0 Å². The normalized spacial score (nSPS) is 10.6. The molecule has 1 heterocycles. The molecule has 0 atom stereocenters. The number of aromatic nitrogens is 1. The van der Waals surface area contributed by atoms with E-state index in [9.17, 15) is 9.59 Å². The number of methoxy groups -OCH3 is 1. The molecule has 0 aliphatic heterocycles. The van der Waals surface area contributed by atoms with Gasteiger partial charge in [0.1, 0.15) is 11.5 Å². The highest BCUT2D eigenvalue weighted by Crippen LogP contribution is 2.21. The zero-order chi connectivity index (χ0) is 17.1. The lowest BCUT2D eigenvalue weighted by Gasteiger charge is -2.11. The summed E-state index contributed by atoms with van der Waals surface area (Å²) in [7, 11) is 1.57. The van der Waals surface area contributed by atoms with Crippen LogP contribution in [-0.2, 0) is 6.54 Å². The van der Waals surface area contributed by atoms with Crippen molar-refractivity contribution in [2.24, 2.45) is 0 Å². The maximum atomic E-state index is 12.6. The lowest BCUT2D eigenvalue weighted by atomic mass is 10.1. The summed E-state index contributed by atoms with van der Waals surface area (Å²) in [5, 5.41) is 1.09. The zero-order valence-electron chi connectivity index (χ0n) is 13.5. The van der Waals surface area contributed by atoms with E-state index in [4.69, 9.17) is 9.47 Å². The van der Waals surface area contributed by atoms with Gasteiger partial charge in [0.05, 0.1) is 12.7 Å². The molecular formula is C19H17NO4. The summed E-state index contributed by atoms with van der Waals surface area (Å²) in [6, 6.07) is 13.8. The Balaban J connectivity index is 2.02. The summed E-state index contributed by atoms with van der Waals surface area (Å²) in [5.41, 5.74) is 0.247. The Morgan fingerprint density at radius 1 is 1.00 bits per heavy atom. The number of aryl methyl sites for hydroxylation is 1. The van der Waals surface area contributed by atoms with Gasteiger partial charge in [-0.15, -0.1) is 0 Å². The van der Waals surface area contributed by atoms with Gasteiger partial charge >= 0.3 is 5.97 Å². The average Bonchev–Trinajstić information content (AvgIpc) is 2.63. The second-order valence-electron chi connectivity index (χ2n) is 5.24. The molecule has 0 saturated heterocycles. The number of ether oxygens (including phenoxy) is 2. The molecule has 0 aliphatic rings. The number of carbonyl (C=O) groups is 1. The fourth-order valence-corrected chi connectivity index (χ4v) is 2.55. The van der Waals surface area contributed by atoms with Gasteiger partial charge in [0.25, 0.3) is 5.56 Å². The minimum atomic E-state index is -0.501. The predicted octanol–water partition coefficient (Wildman–Crippen LogP) is 3.25. The zero-order valence-corrected chi connectivity index (χ0v) is 13.5. The van der Waals surface area contributed by atoms with Gasteiger partial charge in [-0.05, 0) is 37.3 Å². The van der Waals surface area contributed by atoms with Gasteiger partial charge in [0, 0.05) is 23.5 Å². The minimum absolute atomic E-state index is 0.117. The Morgan fingerprint density at radius 3 is 2.25 bits per heavy atom. The number of esters is 1. The number of carbonyl (C=O) groups excluding carboxylic acids is 1. The Bertz CT molecular complexity index is 942. The van der Waals surface area contributed by atoms with Crippen LogP contribution in [0.5, 0.6) is 11.5 Å². The molecular weight excluding hydrogens is 306 g/mol. The van der Waals surface area contributed by atoms with E-state index in [-0.39, 0.29) is 5.56 Å². The summed E-state index contributed by atoms with van der Waals surface area (Å²) in [6.45, 7) is 2.33. The van der Waals surface area contributed by atoms with Gasteiger partial charge in [-0.3, -0.25) is 4.79 Å². The van der Waals surface area contributed by atoms with Crippen molar-refractivity contribution in [3.8, 4) is 11.5 Å². The molecule has 0 spiro atoms. The number of hydrogen-bond donors (Lipinski definition) is 0. The van der Waals surface area contributed by atoms with E-state index < -0.39 is 5.97 Å². The van der Waals surface area contributed by atoms with Gasteiger partial charge in [-0.2, -0.15) is 0 Å². The highest BCUT2D eigenvalue weighted by molar-refractivity contribution is 6.04. The van der Waals surface area contributed by atoms with Crippen LogP contribution in [0.15, 0.2) is 59.5 Å². The fraction of sp³-hybridized carbons (Fsp3) is 0.158. The van der Waals surface area contributed by atoms with Gasteiger partial charge in [0.2, 0.25) is 0 Å². The third-order valence-electron chi connectivity index (χ3n) is 3.82. The molecule has 5 nitrogen and oxygen atoms in total. The summed E-state index contributed by atoms with van der Waals surface area (Å²) >= 11 is 0. The second kappa shape index (κ2) is 6.58. The highest BCUT2D eigenvalue weighted by atomic mass is 16.5. The van der Waals surface area contributed by atoms with Crippen molar-refractivity contribution < 1.29 is 14.3 Å². The molecule has 3 aromatic rings. The van der Waals surface area contributed by atoms with Gasteiger partial charge in [0.15, 0.2) is 0 Å². The first-order valence-electron chi connectivity index (χ1n) is 7.62. The van der Waals surface area contributed by atoms with Crippen molar-refractivity contribution in [2.45, 2.75) is 13.5 Å². The first kappa shape index (κ1) is 15.8. The Labute approximate surface area is 139 Å². The maximum absolute atomic E-state index is 12.6. The molecule has 0 unspecified atom stereocenters. The van der Waals surface area contributed by atoms with E-state index in [0.29, 0.717) is 34.4 Å². The summed E-state index contributed by atoms with van der Waals surface area (Å²) in [4.78, 5) is 25.0. The molecule has 0 bridgehead atoms. The Kier molecular flexibility index (Phi) is 4.33. The van der Waals surface area contributed by atoms with Crippen LogP contribution in [-0.4, -0.2) is 17.6 Å². The van der Waals surface area contributed by atoms with Gasteiger partial charge in [-0.25, -0.2) is 4.79 Å². The van der Waals surface area contributed by atoms with Gasteiger partial charge in [-0.1, -0.05) is 18.2 Å². The second-order valence-corrected chi connectivity index (χ2v) is 5.24. The lowest BCUT2D eigenvalue weighted by molar-refractivity contribution is 0.0736. The van der Waals surface area contributed by atoms with E-state index in [1.54, 1.807) is 61.8 Å². The number of rotatable bonds is 4. The molecule has 0 saturated carbocycles. The van der Waals surface area contributed by atoms with E-state index in [1.807, 2.05) is 6.92 Å². The summed E-state index contributed by atoms with van der Waals surface area (Å²) < 4.78 is 12.0. The lowest BCUT2D eigenvalue weighted by Crippen LogP contribution is -2.22. The van der Waals surface area contributed by atoms with E-state index >= 15 is 0 Å². The average molecular weight is 323 g/mol. The number of pyridine rings is 1. The first-order chi connectivity index (χ1) is 11.6. The van der Waals surface area contributed by atoms with Crippen LogP contribution >= 0.6 is 0 Å². The number of nitrogens with zero attached hydrogens (tertiary/aromatic N) is 1. The Hall–Kier alpha value is -3.08. The fourth-order valence-electron chi connectivity index (χ4n) is 2.55. The third-order valence-corrected chi connectivity index (χ3v) is 3.82. The highest BCUT2D eigenvalue weighted by Gasteiger charge is 2.16. The molecule has 0 N–H and O–H groups in total.